The molecule has 0 fully saturated rings. The minimum atomic E-state index is -0.384. The lowest BCUT2D eigenvalue weighted by molar-refractivity contribution is 0.102. The van der Waals surface area contributed by atoms with Crippen molar-refractivity contribution in [3.05, 3.63) is 54.1 Å². The number of anilines is 1. The molecule has 1 heterocycles. The van der Waals surface area contributed by atoms with Crippen LogP contribution in [0.15, 0.2) is 48.0 Å². The SMILES string of the molecule is NC(=NO)c1cccc(NC(=O)c2cnccn2)c1. The molecular formula is C12H11N5O2. The van der Waals surface area contributed by atoms with Crippen LogP contribution in [-0.4, -0.2) is 26.9 Å². The van der Waals surface area contributed by atoms with E-state index in [4.69, 9.17) is 10.9 Å². The summed E-state index contributed by atoms with van der Waals surface area (Å²) in [4.78, 5) is 19.5. The molecule has 0 aliphatic rings. The van der Waals surface area contributed by atoms with Gasteiger partial charge in [-0.2, -0.15) is 0 Å². The number of nitrogens with two attached hydrogens (primary N) is 1. The third kappa shape index (κ3) is 3.03. The normalized spacial score (nSPS) is 11.1. The molecule has 1 aromatic heterocycles. The van der Waals surface area contributed by atoms with Crippen molar-refractivity contribution in [1.82, 2.24) is 9.97 Å². The Hall–Kier alpha value is -2.96. The van der Waals surface area contributed by atoms with Gasteiger partial charge in [0.1, 0.15) is 5.69 Å². The van der Waals surface area contributed by atoms with Crippen LogP contribution in [0.3, 0.4) is 0 Å². The first-order chi connectivity index (χ1) is 9.20. The Labute approximate surface area is 108 Å². The molecule has 2 rings (SSSR count). The Morgan fingerprint density at radius 3 is 2.89 bits per heavy atom. The quantitative estimate of drug-likeness (QED) is 0.326. The number of hydrogen-bond acceptors (Lipinski definition) is 5. The molecule has 19 heavy (non-hydrogen) atoms. The second-order valence-corrected chi connectivity index (χ2v) is 3.61. The van der Waals surface area contributed by atoms with Crippen molar-refractivity contribution in [1.29, 1.82) is 0 Å². The van der Waals surface area contributed by atoms with Crippen LogP contribution >= 0.6 is 0 Å². The zero-order chi connectivity index (χ0) is 13.7. The van der Waals surface area contributed by atoms with Crippen LogP contribution in [0.1, 0.15) is 16.1 Å². The van der Waals surface area contributed by atoms with Gasteiger partial charge in [0.15, 0.2) is 5.84 Å². The fraction of sp³-hybridized carbons (Fsp3) is 0. The highest BCUT2D eigenvalue weighted by Crippen LogP contribution is 2.11. The molecule has 7 heteroatoms. The fourth-order valence-corrected chi connectivity index (χ4v) is 1.43. The number of oxime groups is 1. The van der Waals surface area contributed by atoms with E-state index >= 15 is 0 Å². The van der Waals surface area contributed by atoms with Crippen LogP contribution in [0, 0.1) is 0 Å². The number of rotatable bonds is 3. The maximum absolute atomic E-state index is 11.8. The molecule has 7 nitrogen and oxygen atoms in total. The van der Waals surface area contributed by atoms with Crippen molar-refractivity contribution in [2.75, 3.05) is 5.32 Å². The maximum Gasteiger partial charge on any atom is 0.275 e. The maximum atomic E-state index is 11.8. The Balaban J connectivity index is 2.18. The molecule has 1 aromatic carbocycles. The predicted octanol–water partition coefficient (Wildman–Crippen LogP) is 0.823. The molecule has 1 amide bonds. The molecule has 0 radical (unpaired) electrons. The number of hydrogen-bond donors (Lipinski definition) is 3. The summed E-state index contributed by atoms with van der Waals surface area (Å²) in [6, 6.07) is 6.61. The third-order valence-electron chi connectivity index (χ3n) is 2.32. The van der Waals surface area contributed by atoms with Gasteiger partial charge in [-0.1, -0.05) is 17.3 Å². The van der Waals surface area contributed by atoms with Gasteiger partial charge >= 0.3 is 0 Å². The molecule has 2 aromatic rings. The third-order valence-corrected chi connectivity index (χ3v) is 2.32. The molecule has 0 aliphatic heterocycles. The Bertz CT molecular complexity index is 613. The number of nitrogens with one attached hydrogen (secondary N) is 1. The van der Waals surface area contributed by atoms with E-state index in [9.17, 15) is 4.79 Å². The standard InChI is InChI=1S/C12H11N5O2/c13-11(17-19)8-2-1-3-9(6-8)16-12(18)10-7-14-4-5-15-10/h1-7,19H,(H2,13,17)(H,16,18). The smallest absolute Gasteiger partial charge is 0.275 e. The lowest BCUT2D eigenvalue weighted by Gasteiger charge is -2.06. The van der Waals surface area contributed by atoms with Crippen LogP contribution in [0.2, 0.25) is 0 Å². The monoisotopic (exact) mass is 257 g/mol. The highest BCUT2D eigenvalue weighted by atomic mass is 16.4. The minimum Gasteiger partial charge on any atom is -0.409 e. The second kappa shape index (κ2) is 5.58. The van der Waals surface area contributed by atoms with Gasteiger partial charge < -0.3 is 16.3 Å². The first kappa shape index (κ1) is 12.5. The largest absolute Gasteiger partial charge is 0.409 e. The van der Waals surface area contributed by atoms with Gasteiger partial charge in [0.05, 0.1) is 6.20 Å². The summed E-state index contributed by atoms with van der Waals surface area (Å²) in [6.07, 6.45) is 4.28. The van der Waals surface area contributed by atoms with Crippen LogP contribution < -0.4 is 11.1 Å². The number of benzene rings is 1. The van der Waals surface area contributed by atoms with Gasteiger partial charge in [0.25, 0.3) is 5.91 Å². The summed E-state index contributed by atoms with van der Waals surface area (Å²) in [5, 5.41) is 14.1. The van der Waals surface area contributed by atoms with Crippen molar-refractivity contribution >= 4 is 17.4 Å². The van der Waals surface area contributed by atoms with Crippen molar-refractivity contribution in [2.45, 2.75) is 0 Å². The van der Waals surface area contributed by atoms with E-state index in [0.29, 0.717) is 11.3 Å². The molecule has 0 atom stereocenters. The Kier molecular flexibility index (Phi) is 3.67. The molecule has 0 unspecified atom stereocenters. The molecule has 0 saturated carbocycles. The highest BCUT2D eigenvalue weighted by Gasteiger charge is 2.08. The number of nitrogens with zero attached hydrogens (tertiary/aromatic N) is 3. The van der Waals surface area contributed by atoms with Gasteiger partial charge in [0, 0.05) is 23.6 Å². The highest BCUT2D eigenvalue weighted by molar-refractivity contribution is 6.04. The van der Waals surface area contributed by atoms with E-state index in [1.54, 1.807) is 24.3 Å². The van der Waals surface area contributed by atoms with Gasteiger partial charge in [-0.3, -0.25) is 9.78 Å². The van der Waals surface area contributed by atoms with Crippen LogP contribution in [-0.2, 0) is 0 Å². The fourth-order valence-electron chi connectivity index (χ4n) is 1.43. The summed E-state index contributed by atoms with van der Waals surface area (Å²) in [5.74, 6) is -0.416. The van der Waals surface area contributed by atoms with Crippen LogP contribution in [0.4, 0.5) is 5.69 Å². The summed E-state index contributed by atoms with van der Waals surface area (Å²) in [5.41, 5.74) is 6.69. The van der Waals surface area contributed by atoms with Gasteiger partial charge in [-0.25, -0.2) is 4.98 Å². The van der Waals surface area contributed by atoms with E-state index in [0.717, 1.165) is 0 Å². The topological polar surface area (TPSA) is 113 Å². The second-order valence-electron chi connectivity index (χ2n) is 3.61. The molecule has 4 N–H and O–H groups in total. The zero-order valence-electron chi connectivity index (χ0n) is 9.82. The average molecular weight is 257 g/mol. The lowest BCUT2D eigenvalue weighted by Crippen LogP contribution is -2.16. The number of carbonyl (C=O) groups excluding carboxylic acids is 1. The summed E-state index contributed by atoms with van der Waals surface area (Å²) >= 11 is 0. The Morgan fingerprint density at radius 1 is 1.37 bits per heavy atom. The van der Waals surface area contributed by atoms with Crippen molar-refractivity contribution < 1.29 is 10.0 Å². The van der Waals surface area contributed by atoms with Gasteiger partial charge in [0.2, 0.25) is 0 Å². The van der Waals surface area contributed by atoms with E-state index < -0.39 is 0 Å². The number of amidine groups is 1. The molecule has 0 saturated heterocycles. The summed E-state index contributed by atoms with van der Waals surface area (Å²) in [6.45, 7) is 0. The first-order valence-corrected chi connectivity index (χ1v) is 5.36. The van der Waals surface area contributed by atoms with E-state index in [2.05, 4.69) is 20.4 Å². The lowest BCUT2D eigenvalue weighted by atomic mass is 10.2. The zero-order valence-corrected chi connectivity index (χ0v) is 9.82. The number of carbonyl (C=O) groups is 1. The summed E-state index contributed by atoms with van der Waals surface area (Å²) < 4.78 is 0. The predicted molar refractivity (Wildman–Crippen MR) is 68.9 cm³/mol. The van der Waals surface area contributed by atoms with Crippen LogP contribution in [0.25, 0.3) is 0 Å². The van der Waals surface area contributed by atoms with Gasteiger partial charge in [-0.05, 0) is 12.1 Å². The van der Waals surface area contributed by atoms with Crippen molar-refractivity contribution in [3.8, 4) is 0 Å². The summed E-state index contributed by atoms with van der Waals surface area (Å²) in [7, 11) is 0. The minimum absolute atomic E-state index is 0.0319. The van der Waals surface area contributed by atoms with E-state index in [1.165, 1.54) is 18.6 Å². The Morgan fingerprint density at radius 2 is 2.21 bits per heavy atom. The average Bonchev–Trinajstić information content (AvgIpc) is 2.47. The van der Waals surface area contributed by atoms with Crippen molar-refractivity contribution in [3.63, 3.8) is 0 Å². The number of aromatic nitrogens is 2. The van der Waals surface area contributed by atoms with Crippen molar-refractivity contribution in [2.24, 2.45) is 10.9 Å². The molecule has 0 spiro atoms. The first-order valence-electron chi connectivity index (χ1n) is 5.36. The van der Waals surface area contributed by atoms with Crippen LogP contribution in [0.5, 0.6) is 0 Å². The van der Waals surface area contributed by atoms with Gasteiger partial charge in [-0.15, -0.1) is 0 Å². The van der Waals surface area contributed by atoms with E-state index in [-0.39, 0.29) is 17.4 Å². The molecule has 0 bridgehead atoms. The molecular weight excluding hydrogens is 246 g/mol. The van der Waals surface area contributed by atoms with E-state index in [1.807, 2.05) is 0 Å². The number of amides is 1. The molecule has 96 valence electrons. The molecule has 0 aliphatic carbocycles.